The molecule has 0 spiro atoms. The second-order valence-electron chi connectivity index (χ2n) is 8.26. The van der Waals surface area contributed by atoms with Crippen LogP contribution in [0.1, 0.15) is 23.5 Å². The number of carbonyl (C=O) groups excluding carboxylic acids is 1. The Morgan fingerprint density at radius 3 is 2.45 bits per heavy atom. The molecule has 2 saturated heterocycles. The maximum Gasteiger partial charge on any atom is 0.320 e. The topological polar surface area (TPSA) is 92.9 Å². The van der Waals surface area contributed by atoms with Gasteiger partial charge in [-0.15, -0.1) is 0 Å². The van der Waals surface area contributed by atoms with Gasteiger partial charge in [0, 0.05) is 32.1 Å². The lowest BCUT2D eigenvalue weighted by Crippen LogP contribution is -2.55. The molecular formula is C23H29N3O4S. The number of sulfone groups is 1. The van der Waals surface area contributed by atoms with E-state index in [1.165, 1.54) is 5.56 Å². The van der Waals surface area contributed by atoms with Crippen LogP contribution in [0.5, 0.6) is 5.75 Å². The lowest BCUT2D eigenvalue weighted by Gasteiger charge is -2.41. The number of amides is 2. The van der Waals surface area contributed by atoms with E-state index in [1.54, 1.807) is 4.90 Å². The lowest BCUT2D eigenvalue weighted by atomic mass is 9.89. The zero-order valence-corrected chi connectivity index (χ0v) is 18.3. The van der Waals surface area contributed by atoms with Crippen molar-refractivity contribution in [1.82, 2.24) is 9.80 Å². The molecule has 0 saturated carbocycles. The number of nitrogens with two attached hydrogens (primary N) is 1. The highest BCUT2D eigenvalue weighted by Gasteiger charge is 2.35. The Morgan fingerprint density at radius 1 is 1.00 bits per heavy atom. The second-order valence-corrected chi connectivity index (χ2v) is 10.6. The fourth-order valence-corrected chi connectivity index (χ4v) is 5.50. The van der Waals surface area contributed by atoms with E-state index in [2.05, 4.69) is 12.1 Å². The van der Waals surface area contributed by atoms with Crippen LogP contribution in [0.25, 0.3) is 0 Å². The Morgan fingerprint density at radius 2 is 1.74 bits per heavy atom. The normalized spacial score (nSPS) is 23.4. The lowest BCUT2D eigenvalue weighted by molar-refractivity contribution is 0.0762. The molecular weight excluding hydrogens is 414 g/mol. The Balaban J connectivity index is 1.52. The SMILES string of the molecule is NCc1cccc(O[C@H]2C[C@H](c3ccccc3)CN(C(=O)N3CCS(=O)(=O)CC3)C2)c1. The second kappa shape index (κ2) is 9.28. The van der Waals surface area contributed by atoms with Crippen molar-refractivity contribution >= 4 is 15.9 Å². The van der Waals surface area contributed by atoms with Gasteiger partial charge >= 0.3 is 6.03 Å². The van der Waals surface area contributed by atoms with Gasteiger partial charge in [-0.3, -0.25) is 0 Å². The summed E-state index contributed by atoms with van der Waals surface area (Å²) in [4.78, 5) is 16.7. The van der Waals surface area contributed by atoms with Crippen molar-refractivity contribution < 1.29 is 17.9 Å². The van der Waals surface area contributed by atoms with Crippen LogP contribution in [0, 0.1) is 0 Å². The van der Waals surface area contributed by atoms with Gasteiger partial charge in [-0.1, -0.05) is 42.5 Å². The third-order valence-corrected chi connectivity index (χ3v) is 7.61. The van der Waals surface area contributed by atoms with Crippen LogP contribution < -0.4 is 10.5 Å². The van der Waals surface area contributed by atoms with Crippen molar-refractivity contribution in [3.63, 3.8) is 0 Å². The first-order valence-electron chi connectivity index (χ1n) is 10.7. The maximum atomic E-state index is 13.2. The highest BCUT2D eigenvalue weighted by molar-refractivity contribution is 7.91. The monoisotopic (exact) mass is 443 g/mol. The molecule has 0 unspecified atom stereocenters. The minimum Gasteiger partial charge on any atom is -0.489 e. The van der Waals surface area contributed by atoms with E-state index in [0.717, 1.165) is 17.7 Å². The predicted octanol–water partition coefficient (Wildman–Crippen LogP) is 2.23. The molecule has 2 N–H and O–H groups in total. The van der Waals surface area contributed by atoms with E-state index in [4.69, 9.17) is 10.5 Å². The van der Waals surface area contributed by atoms with Crippen molar-refractivity contribution in [3.8, 4) is 5.75 Å². The van der Waals surface area contributed by atoms with Gasteiger partial charge in [-0.05, 0) is 29.7 Å². The molecule has 2 fully saturated rings. The van der Waals surface area contributed by atoms with Gasteiger partial charge in [0.2, 0.25) is 0 Å². The van der Waals surface area contributed by atoms with E-state index in [9.17, 15) is 13.2 Å². The molecule has 166 valence electrons. The van der Waals surface area contributed by atoms with Gasteiger partial charge in [-0.25, -0.2) is 13.2 Å². The number of ether oxygens (including phenoxy) is 1. The van der Waals surface area contributed by atoms with Gasteiger partial charge in [-0.2, -0.15) is 0 Å². The number of rotatable bonds is 4. The summed E-state index contributed by atoms with van der Waals surface area (Å²) in [6, 6.07) is 17.8. The summed E-state index contributed by atoms with van der Waals surface area (Å²) in [5, 5.41) is 0. The van der Waals surface area contributed by atoms with E-state index in [-0.39, 0.29) is 42.6 Å². The van der Waals surface area contributed by atoms with Crippen LogP contribution in [-0.4, -0.2) is 68.0 Å². The van der Waals surface area contributed by atoms with Gasteiger partial charge in [0.15, 0.2) is 9.84 Å². The maximum absolute atomic E-state index is 13.2. The molecule has 2 aromatic carbocycles. The Kier molecular flexibility index (Phi) is 6.48. The first-order chi connectivity index (χ1) is 14.9. The molecule has 0 radical (unpaired) electrons. The van der Waals surface area contributed by atoms with Crippen molar-refractivity contribution in [2.75, 3.05) is 37.7 Å². The molecule has 4 rings (SSSR count). The molecule has 2 aliphatic heterocycles. The largest absolute Gasteiger partial charge is 0.489 e. The van der Waals surface area contributed by atoms with Crippen molar-refractivity contribution in [3.05, 3.63) is 65.7 Å². The summed E-state index contributed by atoms with van der Waals surface area (Å²) in [5.74, 6) is 0.953. The number of hydrogen-bond acceptors (Lipinski definition) is 5. The molecule has 2 atom stereocenters. The Hall–Kier alpha value is -2.58. The summed E-state index contributed by atoms with van der Waals surface area (Å²) < 4.78 is 29.8. The quantitative estimate of drug-likeness (QED) is 0.782. The van der Waals surface area contributed by atoms with E-state index < -0.39 is 9.84 Å². The number of piperidine rings is 1. The molecule has 0 bridgehead atoms. The fraction of sp³-hybridized carbons (Fsp3) is 0.435. The molecule has 31 heavy (non-hydrogen) atoms. The third kappa shape index (κ3) is 5.37. The number of carbonyl (C=O) groups is 1. The predicted molar refractivity (Wildman–Crippen MR) is 120 cm³/mol. The highest BCUT2D eigenvalue weighted by atomic mass is 32.2. The number of urea groups is 1. The number of hydrogen-bond donors (Lipinski definition) is 1. The van der Waals surface area contributed by atoms with E-state index >= 15 is 0 Å². The van der Waals surface area contributed by atoms with Gasteiger partial charge in [0.25, 0.3) is 0 Å². The minimum atomic E-state index is -3.04. The summed E-state index contributed by atoms with van der Waals surface area (Å²) in [6.07, 6.45) is 0.638. The Bertz CT molecular complexity index is 998. The smallest absolute Gasteiger partial charge is 0.320 e. The van der Waals surface area contributed by atoms with Gasteiger partial charge in [0.1, 0.15) is 11.9 Å². The van der Waals surface area contributed by atoms with Crippen LogP contribution in [0.4, 0.5) is 4.79 Å². The summed E-state index contributed by atoms with van der Waals surface area (Å²) in [5.41, 5.74) is 7.92. The molecule has 8 heteroatoms. The molecule has 2 aromatic rings. The number of benzene rings is 2. The molecule has 0 aromatic heterocycles. The summed E-state index contributed by atoms with van der Waals surface area (Å²) in [7, 11) is -3.04. The van der Waals surface area contributed by atoms with Crippen molar-refractivity contribution in [1.29, 1.82) is 0 Å². The number of likely N-dealkylation sites (tertiary alicyclic amines) is 1. The summed E-state index contributed by atoms with van der Waals surface area (Å²) in [6.45, 7) is 2.00. The highest BCUT2D eigenvalue weighted by Crippen LogP contribution is 2.30. The Labute approximate surface area is 183 Å². The average molecular weight is 444 g/mol. The van der Waals surface area contributed by atoms with Gasteiger partial charge < -0.3 is 20.3 Å². The van der Waals surface area contributed by atoms with Crippen LogP contribution in [-0.2, 0) is 16.4 Å². The minimum absolute atomic E-state index is 0.0283. The third-order valence-electron chi connectivity index (χ3n) is 6.01. The summed E-state index contributed by atoms with van der Waals surface area (Å²) >= 11 is 0. The first-order valence-corrected chi connectivity index (χ1v) is 12.5. The van der Waals surface area contributed by atoms with Crippen LogP contribution >= 0.6 is 0 Å². The van der Waals surface area contributed by atoms with E-state index in [1.807, 2.05) is 47.4 Å². The molecule has 0 aliphatic carbocycles. The van der Waals surface area contributed by atoms with Crippen LogP contribution in [0.15, 0.2) is 54.6 Å². The van der Waals surface area contributed by atoms with Crippen molar-refractivity contribution in [2.24, 2.45) is 5.73 Å². The van der Waals surface area contributed by atoms with Crippen LogP contribution in [0.2, 0.25) is 0 Å². The average Bonchev–Trinajstić information content (AvgIpc) is 2.79. The first kappa shape index (κ1) is 21.6. The van der Waals surface area contributed by atoms with Crippen LogP contribution in [0.3, 0.4) is 0 Å². The molecule has 2 aliphatic rings. The number of nitrogens with zero attached hydrogens (tertiary/aromatic N) is 2. The van der Waals surface area contributed by atoms with E-state index in [0.29, 0.717) is 19.6 Å². The molecule has 7 nitrogen and oxygen atoms in total. The molecule has 2 heterocycles. The fourth-order valence-electron chi connectivity index (χ4n) is 4.30. The standard InChI is InChI=1S/C23H29N3O4S/c24-15-18-5-4-8-21(13-18)30-22-14-20(19-6-2-1-3-7-19)16-26(17-22)23(27)25-9-11-31(28,29)12-10-25/h1-8,13,20,22H,9-12,14-17,24H2/t20-,22-/m0/s1. The zero-order valence-electron chi connectivity index (χ0n) is 17.5. The molecule has 2 amide bonds. The van der Waals surface area contributed by atoms with Gasteiger partial charge in [0.05, 0.1) is 18.1 Å². The zero-order chi connectivity index (χ0) is 21.8. The van der Waals surface area contributed by atoms with Crippen molar-refractivity contribution in [2.45, 2.75) is 25.0 Å².